The monoisotopic (exact) mass is 665 g/mol. The fourth-order valence-corrected chi connectivity index (χ4v) is 5.79. The lowest BCUT2D eigenvalue weighted by Gasteiger charge is -2.08. The third kappa shape index (κ3) is 6.36. The van der Waals surface area contributed by atoms with Crippen LogP contribution < -0.4 is 10.0 Å². The molecule has 48 heavy (non-hydrogen) atoms. The Hall–Kier alpha value is -5.93. The summed E-state index contributed by atoms with van der Waals surface area (Å²) in [5, 5.41) is 9.84. The smallest absolute Gasteiger partial charge is 0.228 e. The van der Waals surface area contributed by atoms with Crippen LogP contribution in [0.3, 0.4) is 0 Å². The van der Waals surface area contributed by atoms with E-state index in [4.69, 9.17) is 0 Å². The van der Waals surface area contributed by atoms with E-state index in [2.05, 4.69) is 45.2 Å². The number of hydrogen-bond donors (Lipinski definition) is 4. The molecule has 0 radical (unpaired) electrons. The first kappa shape index (κ1) is 30.7. The second-order valence-corrected chi connectivity index (χ2v) is 12.9. The maximum atomic E-state index is 16.3. The summed E-state index contributed by atoms with van der Waals surface area (Å²) < 4.78 is 56.4. The number of fused-ring (bicyclic) bond motifs is 2. The standard InChI is InChI=1S/C33H25F2N9O3S/c1-48(46,47)39-14-19-9-20(12-22(34)10-19)24-7-8-37-32-29(24)41-33(42-32)30-27-28(35)25(17-38-31(27)44-43-30)21-13-23(16-36-15-21)40-26(45)11-18-5-3-2-4-6-18/h2-10,12-13,15-17,39H,11,14H2,1H3,(H,40,45)(H,37,41,42)(H,38,43,44). The van der Waals surface area contributed by atoms with Crippen LogP contribution in [0.4, 0.5) is 14.5 Å². The maximum Gasteiger partial charge on any atom is 0.228 e. The van der Waals surface area contributed by atoms with Gasteiger partial charge in [-0.25, -0.2) is 36.9 Å². The SMILES string of the molecule is CS(=O)(=O)NCc1cc(F)cc(-c2ccnc3nc(-c4[nH]nc5ncc(-c6cncc(NC(=O)Cc7ccccc7)c6)c(F)c45)[nH]c23)c1. The number of pyridine rings is 3. The Morgan fingerprint density at radius 3 is 2.54 bits per heavy atom. The molecule has 0 aliphatic rings. The van der Waals surface area contributed by atoms with E-state index in [9.17, 15) is 17.6 Å². The highest BCUT2D eigenvalue weighted by Gasteiger charge is 2.22. The zero-order valence-electron chi connectivity index (χ0n) is 25.1. The highest BCUT2D eigenvalue weighted by molar-refractivity contribution is 7.88. The number of amides is 1. The lowest BCUT2D eigenvalue weighted by atomic mass is 10.0. The van der Waals surface area contributed by atoms with E-state index < -0.39 is 21.7 Å². The molecule has 2 aromatic carbocycles. The Morgan fingerprint density at radius 2 is 1.73 bits per heavy atom. The quantitative estimate of drug-likeness (QED) is 0.164. The van der Waals surface area contributed by atoms with Crippen LogP contribution in [-0.4, -0.2) is 55.7 Å². The van der Waals surface area contributed by atoms with Crippen molar-refractivity contribution in [2.75, 3.05) is 11.6 Å². The molecule has 4 N–H and O–H groups in total. The molecule has 0 aliphatic carbocycles. The molecule has 7 aromatic rings. The lowest BCUT2D eigenvalue weighted by Crippen LogP contribution is -2.21. The summed E-state index contributed by atoms with van der Waals surface area (Å²) in [6, 6.07) is 16.8. The van der Waals surface area contributed by atoms with Gasteiger partial charge in [0.1, 0.15) is 17.3 Å². The van der Waals surface area contributed by atoms with Crippen molar-refractivity contribution in [3.8, 4) is 33.8 Å². The number of anilines is 1. The maximum absolute atomic E-state index is 16.3. The summed E-state index contributed by atoms with van der Waals surface area (Å²) in [6.45, 7) is -0.0979. The molecule has 5 heterocycles. The van der Waals surface area contributed by atoms with E-state index in [0.717, 1.165) is 11.8 Å². The molecule has 0 unspecified atom stereocenters. The van der Waals surface area contributed by atoms with Crippen molar-refractivity contribution in [2.24, 2.45) is 0 Å². The Kier molecular flexibility index (Phi) is 7.90. The van der Waals surface area contributed by atoms with E-state index in [1.165, 1.54) is 36.9 Å². The molecule has 0 bridgehead atoms. The van der Waals surface area contributed by atoms with E-state index in [1.54, 1.807) is 18.2 Å². The van der Waals surface area contributed by atoms with Gasteiger partial charge in [-0.1, -0.05) is 30.3 Å². The predicted molar refractivity (Wildman–Crippen MR) is 176 cm³/mol. The molecular weight excluding hydrogens is 640 g/mol. The number of carbonyl (C=O) groups is 1. The van der Waals surface area contributed by atoms with Gasteiger partial charge in [-0.2, -0.15) is 5.10 Å². The van der Waals surface area contributed by atoms with Crippen LogP contribution in [0.1, 0.15) is 11.1 Å². The number of aromatic amines is 2. The minimum Gasteiger partial charge on any atom is -0.335 e. The summed E-state index contributed by atoms with van der Waals surface area (Å²) in [4.78, 5) is 33.2. The van der Waals surface area contributed by atoms with Crippen LogP contribution in [-0.2, 0) is 27.8 Å². The number of sulfonamides is 1. The van der Waals surface area contributed by atoms with Gasteiger partial charge in [-0.05, 0) is 47.0 Å². The molecule has 0 spiro atoms. The molecule has 12 nitrogen and oxygen atoms in total. The van der Waals surface area contributed by atoms with Crippen molar-refractivity contribution in [2.45, 2.75) is 13.0 Å². The third-order valence-electron chi connectivity index (χ3n) is 7.50. The van der Waals surface area contributed by atoms with Crippen molar-refractivity contribution in [3.63, 3.8) is 0 Å². The van der Waals surface area contributed by atoms with Gasteiger partial charge < -0.3 is 10.3 Å². The molecule has 0 fully saturated rings. The largest absolute Gasteiger partial charge is 0.335 e. The molecule has 0 aliphatic heterocycles. The summed E-state index contributed by atoms with van der Waals surface area (Å²) in [5.41, 5.74) is 4.19. The zero-order valence-corrected chi connectivity index (χ0v) is 25.9. The second-order valence-electron chi connectivity index (χ2n) is 11.0. The molecule has 0 saturated carbocycles. The van der Waals surface area contributed by atoms with Gasteiger partial charge in [-0.15, -0.1) is 0 Å². The second kappa shape index (κ2) is 12.4. The number of nitrogens with zero attached hydrogens (tertiary/aromatic N) is 5. The Morgan fingerprint density at radius 1 is 0.896 bits per heavy atom. The molecule has 15 heteroatoms. The van der Waals surface area contributed by atoms with Crippen molar-refractivity contribution in [1.82, 2.24) is 39.8 Å². The number of nitrogens with one attached hydrogen (secondary N) is 4. The number of halogens is 2. The fraction of sp³-hybridized carbons (Fsp3) is 0.0909. The molecule has 7 rings (SSSR count). The number of aromatic nitrogens is 7. The van der Waals surface area contributed by atoms with Gasteiger partial charge in [0.15, 0.2) is 17.1 Å². The van der Waals surface area contributed by atoms with Crippen LogP contribution >= 0.6 is 0 Å². The topological polar surface area (TPSA) is 171 Å². The van der Waals surface area contributed by atoms with Crippen LogP contribution in [0.2, 0.25) is 0 Å². The first-order valence-electron chi connectivity index (χ1n) is 14.5. The minimum atomic E-state index is -3.49. The van der Waals surface area contributed by atoms with Crippen LogP contribution in [0.25, 0.3) is 56.0 Å². The van der Waals surface area contributed by atoms with Gasteiger partial charge >= 0.3 is 0 Å². The Labute approximate surface area is 271 Å². The molecule has 1 amide bonds. The van der Waals surface area contributed by atoms with Gasteiger partial charge in [0, 0.05) is 41.8 Å². The summed E-state index contributed by atoms with van der Waals surface area (Å²) in [6.07, 6.45) is 6.98. The van der Waals surface area contributed by atoms with Gasteiger partial charge in [0.05, 0.1) is 35.5 Å². The molecule has 0 atom stereocenters. The fourth-order valence-electron chi connectivity index (χ4n) is 5.36. The van der Waals surface area contributed by atoms with Gasteiger partial charge in [0.2, 0.25) is 15.9 Å². The Balaban J connectivity index is 1.22. The number of carbonyl (C=O) groups excluding carboxylic acids is 1. The summed E-state index contributed by atoms with van der Waals surface area (Å²) >= 11 is 0. The minimum absolute atomic E-state index is 0.0616. The van der Waals surface area contributed by atoms with Gasteiger partial charge in [-0.3, -0.25) is 14.9 Å². The number of imidazole rings is 1. The molecule has 240 valence electrons. The van der Waals surface area contributed by atoms with E-state index in [0.29, 0.717) is 33.5 Å². The molecular formula is C33H25F2N9O3S. The molecule has 0 saturated heterocycles. The number of hydrogen-bond acceptors (Lipinski definition) is 8. The summed E-state index contributed by atoms with van der Waals surface area (Å²) in [5.74, 6) is -1.23. The van der Waals surface area contributed by atoms with Gasteiger partial charge in [0.25, 0.3) is 0 Å². The first-order chi connectivity index (χ1) is 23.1. The van der Waals surface area contributed by atoms with Crippen LogP contribution in [0, 0.1) is 11.6 Å². The first-order valence-corrected chi connectivity index (χ1v) is 16.4. The number of rotatable bonds is 9. The number of H-pyrrole nitrogens is 2. The summed E-state index contributed by atoms with van der Waals surface area (Å²) in [7, 11) is -3.49. The van der Waals surface area contributed by atoms with Crippen molar-refractivity contribution < 1.29 is 22.0 Å². The van der Waals surface area contributed by atoms with E-state index in [-0.39, 0.29) is 52.6 Å². The van der Waals surface area contributed by atoms with E-state index in [1.807, 2.05) is 30.3 Å². The third-order valence-corrected chi connectivity index (χ3v) is 8.16. The van der Waals surface area contributed by atoms with Crippen molar-refractivity contribution >= 4 is 43.8 Å². The number of benzene rings is 2. The average Bonchev–Trinajstić information content (AvgIpc) is 3.69. The lowest BCUT2D eigenvalue weighted by molar-refractivity contribution is -0.115. The van der Waals surface area contributed by atoms with Crippen molar-refractivity contribution in [3.05, 3.63) is 108 Å². The zero-order chi connectivity index (χ0) is 33.4. The molecule has 5 aromatic heterocycles. The van der Waals surface area contributed by atoms with E-state index >= 15 is 4.39 Å². The highest BCUT2D eigenvalue weighted by atomic mass is 32.2. The highest BCUT2D eigenvalue weighted by Crippen LogP contribution is 2.35. The van der Waals surface area contributed by atoms with Crippen LogP contribution in [0.5, 0.6) is 0 Å². The normalized spacial score (nSPS) is 11.7. The van der Waals surface area contributed by atoms with Crippen LogP contribution in [0.15, 0.2) is 85.5 Å². The average molecular weight is 666 g/mol. The Bertz CT molecular complexity index is 2450. The van der Waals surface area contributed by atoms with Crippen molar-refractivity contribution in [1.29, 1.82) is 0 Å². The predicted octanol–water partition coefficient (Wildman–Crippen LogP) is 5.13.